The zero-order chi connectivity index (χ0) is 14.3. The summed E-state index contributed by atoms with van der Waals surface area (Å²) in [7, 11) is 0. The van der Waals surface area contributed by atoms with Crippen LogP contribution >= 0.6 is 0 Å². The minimum Gasteiger partial charge on any atom is -0.481 e. The Morgan fingerprint density at radius 2 is 2.05 bits per heavy atom. The van der Waals surface area contributed by atoms with E-state index >= 15 is 0 Å². The number of ketones is 1. The molecule has 7 heteroatoms. The monoisotopic (exact) mass is 273 g/mol. The summed E-state index contributed by atoms with van der Waals surface area (Å²) in [6.45, 7) is 1.50. The van der Waals surface area contributed by atoms with Crippen molar-refractivity contribution < 1.29 is 27.9 Å². The summed E-state index contributed by atoms with van der Waals surface area (Å²) in [5.41, 5.74) is -0.805. The quantitative estimate of drug-likeness (QED) is 0.659. The molecule has 0 saturated carbocycles. The zero-order valence-electron chi connectivity index (χ0n) is 9.91. The Kier molecular flexibility index (Phi) is 3.21. The normalized spacial score (nSPS) is 18.4. The number of fused-ring (bicyclic) bond motifs is 1. The molecule has 102 valence electrons. The van der Waals surface area contributed by atoms with Gasteiger partial charge in [0.25, 0.3) is 0 Å². The molecular formula is C12H10F3NO3. The van der Waals surface area contributed by atoms with Gasteiger partial charge in [0.1, 0.15) is 5.92 Å². The molecule has 1 heterocycles. The zero-order valence-corrected chi connectivity index (χ0v) is 9.91. The van der Waals surface area contributed by atoms with Crippen LogP contribution in [0.4, 0.5) is 18.9 Å². The van der Waals surface area contributed by atoms with Crippen LogP contribution in [0.1, 0.15) is 17.3 Å². The highest BCUT2D eigenvalue weighted by atomic mass is 19.2. The number of carbonyl (C=O) groups excluding carboxylic acids is 1. The topological polar surface area (TPSA) is 57.6 Å². The number of carboxylic acids is 1. The number of halogens is 3. The van der Waals surface area contributed by atoms with Gasteiger partial charge in [0.2, 0.25) is 0 Å². The van der Waals surface area contributed by atoms with Crippen LogP contribution in [0.2, 0.25) is 0 Å². The Morgan fingerprint density at radius 3 is 2.58 bits per heavy atom. The molecule has 2 rings (SSSR count). The average molecular weight is 273 g/mol. The second-order valence-corrected chi connectivity index (χ2v) is 4.18. The Morgan fingerprint density at radius 1 is 1.42 bits per heavy atom. The number of Topliss-reactive ketones (excluding diaryl/α,β-unsaturated/α-hetero) is 1. The van der Waals surface area contributed by atoms with Gasteiger partial charge in [-0.15, -0.1) is 0 Å². The first-order chi connectivity index (χ1) is 8.88. The van der Waals surface area contributed by atoms with Crippen molar-refractivity contribution in [1.29, 1.82) is 0 Å². The lowest BCUT2D eigenvalue weighted by Gasteiger charge is -2.33. The molecule has 0 radical (unpaired) electrons. The summed E-state index contributed by atoms with van der Waals surface area (Å²) in [4.78, 5) is 24.1. The van der Waals surface area contributed by atoms with Gasteiger partial charge < -0.3 is 10.0 Å². The van der Waals surface area contributed by atoms with E-state index < -0.39 is 40.7 Å². The van der Waals surface area contributed by atoms with Crippen molar-refractivity contribution in [2.45, 2.75) is 6.92 Å². The van der Waals surface area contributed by atoms with Gasteiger partial charge in [0, 0.05) is 18.7 Å². The second kappa shape index (κ2) is 4.56. The number of benzene rings is 1. The predicted octanol–water partition coefficient (Wildman–Crippen LogP) is 1.83. The van der Waals surface area contributed by atoms with Crippen molar-refractivity contribution in [3.05, 3.63) is 29.1 Å². The third-order valence-electron chi connectivity index (χ3n) is 3.12. The first kappa shape index (κ1) is 13.4. The number of aliphatic carboxylic acids is 1. The van der Waals surface area contributed by atoms with Crippen molar-refractivity contribution in [3.8, 4) is 0 Å². The van der Waals surface area contributed by atoms with E-state index in [9.17, 15) is 22.8 Å². The van der Waals surface area contributed by atoms with E-state index in [4.69, 9.17) is 5.11 Å². The predicted molar refractivity (Wildman–Crippen MR) is 59.7 cm³/mol. The van der Waals surface area contributed by atoms with Gasteiger partial charge in [0.05, 0.1) is 5.69 Å². The molecule has 0 spiro atoms. The maximum Gasteiger partial charge on any atom is 0.316 e. The van der Waals surface area contributed by atoms with E-state index in [0.717, 1.165) is 0 Å². The molecule has 1 aliphatic heterocycles. The number of carboxylic acid groups (broad SMARTS) is 1. The minimum atomic E-state index is -1.67. The molecule has 1 atom stereocenters. The highest BCUT2D eigenvalue weighted by molar-refractivity contribution is 6.13. The number of anilines is 1. The third kappa shape index (κ3) is 1.94. The molecule has 1 aromatic rings. The third-order valence-corrected chi connectivity index (χ3v) is 3.12. The summed E-state index contributed by atoms with van der Waals surface area (Å²) in [5.74, 6) is -8.33. The minimum absolute atomic E-state index is 0.173. The number of hydrogen-bond donors (Lipinski definition) is 1. The van der Waals surface area contributed by atoms with Crippen LogP contribution in [0.5, 0.6) is 0 Å². The largest absolute Gasteiger partial charge is 0.481 e. The molecule has 4 nitrogen and oxygen atoms in total. The van der Waals surface area contributed by atoms with Crippen molar-refractivity contribution in [2.24, 2.45) is 5.92 Å². The van der Waals surface area contributed by atoms with Crippen molar-refractivity contribution >= 4 is 17.4 Å². The van der Waals surface area contributed by atoms with E-state index in [1.807, 2.05) is 0 Å². The maximum absolute atomic E-state index is 13.7. The molecule has 1 aliphatic rings. The molecule has 1 aromatic carbocycles. The summed E-state index contributed by atoms with van der Waals surface area (Å²) in [6, 6.07) is 0.549. The van der Waals surface area contributed by atoms with Crippen LogP contribution in [0.3, 0.4) is 0 Å². The van der Waals surface area contributed by atoms with E-state index in [1.54, 1.807) is 6.92 Å². The average Bonchev–Trinajstić information content (AvgIpc) is 2.37. The summed E-state index contributed by atoms with van der Waals surface area (Å²) >= 11 is 0. The number of carbonyl (C=O) groups is 2. The Balaban J connectivity index is 2.67. The highest BCUT2D eigenvalue weighted by Gasteiger charge is 2.39. The lowest BCUT2D eigenvalue weighted by molar-refractivity contribution is -0.139. The molecule has 0 fully saturated rings. The first-order valence-electron chi connectivity index (χ1n) is 5.57. The molecule has 1 N–H and O–H groups in total. The fourth-order valence-electron chi connectivity index (χ4n) is 2.14. The number of hydrogen-bond acceptors (Lipinski definition) is 3. The van der Waals surface area contributed by atoms with E-state index in [0.29, 0.717) is 6.07 Å². The van der Waals surface area contributed by atoms with Crippen LogP contribution in [-0.2, 0) is 4.79 Å². The fraction of sp³-hybridized carbons (Fsp3) is 0.333. The van der Waals surface area contributed by atoms with Crippen LogP contribution in [0, 0.1) is 23.4 Å². The van der Waals surface area contributed by atoms with Crippen LogP contribution in [0.15, 0.2) is 6.07 Å². The van der Waals surface area contributed by atoms with Crippen LogP contribution < -0.4 is 4.90 Å². The molecular weight excluding hydrogens is 263 g/mol. The Bertz CT molecular complexity index is 574. The standard InChI is InChI=1S/C12H10F3NO3/c1-2-16-4-6(12(18)19)11(17)5-3-7(13)8(14)9(15)10(5)16/h3,6H,2,4H2,1H3,(H,18,19). The Hall–Kier alpha value is -2.05. The van der Waals surface area contributed by atoms with Crippen molar-refractivity contribution in [1.82, 2.24) is 0 Å². The summed E-state index contributed by atoms with van der Waals surface area (Å²) < 4.78 is 40.1. The van der Waals surface area contributed by atoms with Crippen LogP contribution in [-0.4, -0.2) is 29.9 Å². The molecule has 0 aliphatic carbocycles. The smallest absolute Gasteiger partial charge is 0.316 e. The van der Waals surface area contributed by atoms with Gasteiger partial charge >= 0.3 is 5.97 Å². The van der Waals surface area contributed by atoms with E-state index in [2.05, 4.69) is 0 Å². The summed E-state index contributed by atoms with van der Waals surface area (Å²) in [5, 5.41) is 8.93. The van der Waals surface area contributed by atoms with E-state index in [-0.39, 0.29) is 18.8 Å². The highest BCUT2D eigenvalue weighted by Crippen LogP contribution is 2.34. The van der Waals surface area contributed by atoms with E-state index in [1.165, 1.54) is 4.90 Å². The van der Waals surface area contributed by atoms with Gasteiger partial charge in [0.15, 0.2) is 23.2 Å². The number of rotatable bonds is 2. The fourth-order valence-corrected chi connectivity index (χ4v) is 2.14. The molecule has 19 heavy (non-hydrogen) atoms. The SMILES string of the molecule is CCN1CC(C(=O)O)C(=O)c2cc(F)c(F)c(F)c21. The van der Waals surface area contributed by atoms with Gasteiger partial charge in [-0.2, -0.15) is 0 Å². The first-order valence-corrected chi connectivity index (χ1v) is 5.57. The van der Waals surface area contributed by atoms with Crippen molar-refractivity contribution in [2.75, 3.05) is 18.0 Å². The van der Waals surface area contributed by atoms with Crippen LogP contribution in [0.25, 0.3) is 0 Å². The number of nitrogens with zero attached hydrogens (tertiary/aromatic N) is 1. The van der Waals surface area contributed by atoms with Gasteiger partial charge in [-0.25, -0.2) is 13.2 Å². The Labute approximate surface area is 106 Å². The van der Waals surface area contributed by atoms with Gasteiger partial charge in [-0.3, -0.25) is 9.59 Å². The summed E-state index contributed by atoms with van der Waals surface area (Å²) in [6.07, 6.45) is 0. The second-order valence-electron chi connectivity index (χ2n) is 4.18. The molecule has 0 aromatic heterocycles. The lowest BCUT2D eigenvalue weighted by atomic mass is 9.90. The van der Waals surface area contributed by atoms with Gasteiger partial charge in [-0.05, 0) is 13.0 Å². The maximum atomic E-state index is 13.7. The van der Waals surface area contributed by atoms with Crippen molar-refractivity contribution in [3.63, 3.8) is 0 Å². The molecule has 1 unspecified atom stereocenters. The molecule has 0 saturated heterocycles. The molecule has 0 bridgehead atoms. The molecule has 0 amide bonds. The lowest BCUT2D eigenvalue weighted by Crippen LogP contribution is -2.43. The van der Waals surface area contributed by atoms with Gasteiger partial charge in [-0.1, -0.05) is 0 Å².